The Morgan fingerprint density at radius 2 is 2.11 bits per heavy atom. The zero-order valence-electron chi connectivity index (χ0n) is 12.1. The van der Waals surface area contributed by atoms with E-state index in [2.05, 4.69) is 23.6 Å². The van der Waals surface area contributed by atoms with Gasteiger partial charge in [0, 0.05) is 25.2 Å². The second-order valence-electron chi connectivity index (χ2n) is 6.69. The molecule has 0 amide bonds. The van der Waals surface area contributed by atoms with Crippen LogP contribution in [0.15, 0.2) is 0 Å². The molecule has 3 aliphatic heterocycles. The molecular formula is C15H28N2OS. The summed E-state index contributed by atoms with van der Waals surface area (Å²) in [6.07, 6.45) is 6.30. The highest BCUT2D eigenvalue weighted by atomic mass is 32.2. The Bertz CT molecular complexity index is 299. The van der Waals surface area contributed by atoms with Gasteiger partial charge in [-0.25, -0.2) is 0 Å². The Kier molecular flexibility index (Phi) is 4.42. The quantitative estimate of drug-likeness (QED) is 0.843. The van der Waals surface area contributed by atoms with E-state index < -0.39 is 0 Å². The van der Waals surface area contributed by atoms with Crippen LogP contribution in [0.3, 0.4) is 0 Å². The van der Waals surface area contributed by atoms with Crippen molar-refractivity contribution in [2.24, 2.45) is 11.7 Å². The van der Waals surface area contributed by atoms with E-state index in [1.54, 1.807) is 0 Å². The minimum Gasteiger partial charge on any atom is -0.375 e. The predicted molar refractivity (Wildman–Crippen MR) is 81.6 cm³/mol. The largest absolute Gasteiger partial charge is 0.375 e. The molecule has 0 radical (unpaired) electrons. The number of hydrogen-bond acceptors (Lipinski definition) is 4. The summed E-state index contributed by atoms with van der Waals surface area (Å²) < 4.78 is 6.21. The van der Waals surface area contributed by atoms with Crippen LogP contribution in [-0.2, 0) is 4.74 Å². The first-order valence-corrected chi connectivity index (χ1v) is 9.05. The van der Waals surface area contributed by atoms with Crippen molar-refractivity contribution < 1.29 is 4.74 Å². The monoisotopic (exact) mass is 284 g/mol. The van der Waals surface area contributed by atoms with Crippen molar-refractivity contribution in [2.75, 3.05) is 31.2 Å². The van der Waals surface area contributed by atoms with Crippen LogP contribution in [0.25, 0.3) is 0 Å². The van der Waals surface area contributed by atoms with Gasteiger partial charge in [-0.15, -0.1) is 0 Å². The SMILES string of the molecule is CC(N)C1CCN(C2CCOC3(CCSCC3)C2)C1. The van der Waals surface area contributed by atoms with Crippen LogP contribution in [0, 0.1) is 5.92 Å². The molecule has 3 nitrogen and oxygen atoms in total. The lowest BCUT2D eigenvalue weighted by molar-refractivity contribution is -0.108. The second-order valence-corrected chi connectivity index (χ2v) is 7.92. The van der Waals surface area contributed by atoms with E-state index in [-0.39, 0.29) is 5.60 Å². The number of nitrogens with zero attached hydrogens (tertiary/aromatic N) is 1. The van der Waals surface area contributed by atoms with Gasteiger partial charge in [0.1, 0.15) is 0 Å². The summed E-state index contributed by atoms with van der Waals surface area (Å²) in [6.45, 7) is 5.60. The average molecular weight is 284 g/mol. The van der Waals surface area contributed by atoms with E-state index in [4.69, 9.17) is 10.5 Å². The highest BCUT2D eigenvalue weighted by molar-refractivity contribution is 7.99. The summed E-state index contributed by atoms with van der Waals surface area (Å²) in [6, 6.07) is 1.10. The molecule has 3 rings (SSSR count). The minimum atomic E-state index is 0.223. The molecule has 0 aromatic heterocycles. The Morgan fingerprint density at radius 3 is 2.79 bits per heavy atom. The van der Waals surface area contributed by atoms with Gasteiger partial charge in [0.05, 0.1) is 5.60 Å². The average Bonchev–Trinajstić information content (AvgIpc) is 2.89. The number of rotatable bonds is 2. The van der Waals surface area contributed by atoms with Gasteiger partial charge < -0.3 is 10.5 Å². The summed E-state index contributed by atoms with van der Waals surface area (Å²) in [4.78, 5) is 2.71. The summed E-state index contributed by atoms with van der Waals surface area (Å²) in [5.74, 6) is 3.28. The molecule has 4 heteroatoms. The zero-order chi connectivity index (χ0) is 13.3. The summed E-state index contributed by atoms with van der Waals surface area (Å²) >= 11 is 2.09. The van der Waals surface area contributed by atoms with Crippen molar-refractivity contribution >= 4 is 11.8 Å². The van der Waals surface area contributed by atoms with E-state index in [0.29, 0.717) is 12.0 Å². The van der Waals surface area contributed by atoms with Crippen LogP contribution in [0.4, 0.5) is 0 Å². The first-order valence-electron chi connectivity index (χ1n) is 7.90. The summed E-state index contributed by atoms with van der Waals surface area (Å²) in [5.41, 5.74) is 6.29. The highest BCUT2D eigenvalue weighted by Crippen LogP contribution is 2.39. The van der Waals surface area contributed by atoms with Crippen molar-refractivity contribution in [2.45, 2.75) is 56.7 Å². The maximum Gasteiger partial charge on any atom is 0.0713 e. The summed E-state index contributed by atoms with van der Waals surface area (Å²) in [7, 11) is 0. The van der Waals surface area contributed by atoms with Crippen LogP contribution < -0.4 is 5.73 Å². The van der Waals surface area contributed by atoms with Gasteiger partial charge >= 0.3 is 0 Å². The normalized spacial score (nSPS) is 37.6. The first-order chi connectivity index (χ1) is 9.19. The Balaban J connectivity index is 1.59. The molecule has 3 unspecified atom stereocenters. The van der Waals surface area contributed by atoms with Crippen molar-refractivity contribution in [3.8, 4) is 0 Å². The second kappa shape index (κ2) is 5.92. The third-order valence-electron chi connectivity index (χ3n) is 5.39. The molecule has 110 valence electrons. The lowest BCUT2D eigenvalue weighted by Gasteiger charge is -2.45. The van der Waals surface area contributed by atoms with Gasteiger partial charge in [0.2, 0.25) is 0 Å². The maximum absolute atomic E-state index is 6.21. The van der Waals surface area contributed by atoms with Gasteiger partial charge in [-0.2, -0.15) is 11.8 Å². The molecule has 3 aliphatic rings. The van der Waals surface area contributed by atoms with E-state index >= 15 is 0 Å². The van der Waals surface area contributed by atoms with Crippen LogP contribution >= 0.6 is 11.8 Å². The fourth-order valence-electron chi connectivity index (χ4n) is 3.98. The third kappa shape index (κ3) is 3.12. The molecule has 3 heterocycles. The zero-order valence-corrected chi connectivity index (χ0v) is 13.0. The van der Waals surface area contributed by atoms with Crippen molar-refractivity contribution in [1.82, 2.24) is 4.90 Å². The van der Waals surface area contributed by atoms with Crippen LogP contribution in [0.5, 0.6) is 0 Å². The Labute approximate surface area is 121 Å². The molecule has 19 heavy (non-hydrogen) atoms. The molecule has 0 aromatic carbocycles. The van der Waals surface area contributed by atoms with Crippen molar-refractivity contribution in [1.29, 1.82) is 0 Å². The molecule has 0 bridgehead atoms. The van der Waals surface area contributed by atoms with E-state index in [1.807, 2.05) is 0 Å². The highest BCUT2D eigenvalue weighted by Gasteiger charge is 2.41. The topological polar surface area (TPSA) is 38.5 Å². The number of ether oxygens (including phenoxy) is 1. The summed E-state index contributed by atoms with van der Waals surface area (Å²) in [5, 5.41) is 0. The van der Waals surface area contributed by atoms with Gasteiger partial charge in [-0.05, 0) is 63.0 Å². The Morgan fingerprint density at radius 1 is 1.32 bits per heavy atom. The molecule has 0 saturated carbocycles. The van der Waals surface area contributed by atoms with Gasteiger partial charge in [-0.3, -0.25) is 4.90 Å². The molecule has 3 fully saturated rings. The smallest absolute Gasteiger partial charge is 0.0713 e. The molecule has 0 aromatic rings. The number of hydrogen-bond donors (Lipinski definition) is 1. The predicted octanol–water partition coefficient (Wildman–Crippen LogP) is 2.10. The number of thioether (sulfide) groups is 1. The molecular weight excluding hydrogens is 256 g/mol. The maximum atomic E-state index is 6.21. The molecule has 3 atom stereocenters. The Hall–Kier alpha value is 0.230. The van der Waals surface area contributed by atoms with E-state index in [9.17, 15) is 0 Å². The van der Waals surface area contributed by atoms with Crippen LogP contribution in [0.2, 0.25) is 0 Å². The molecule has 3 saturated heterocycles. The number of likely N-dealkylation sites (tertiary alicyclic amines) is 1. The van der Waals surface area contributed by atoms with E-state index in [1.165, 1.54) is 56.7 Å². The van der Waals surface area contributed by atoms with Crippen molar-refractivity contribution in [3.05, 3.63) is 0 Å². The number of nitrogens with two attached hydrogens (primary N) is 1. The molecule has 2 N–H and O–H groups in total. The lowest BCUT2D eigenvalue weighted by Crippen LogP contribution is -2.50. The van der Waals surface area contributed by atoms with Gasteiger partial charge in [0.15, 0.2) is 0 Å². The third-order valence-corrected chi connectivity index (χ3v) is 6.37. The fraction of sp³-hybridized carbons (Fsp3) is 1.00. The lowest BCUT2D eigenvalue weighted by atomic mass is 9.85. The molecule has 1 spiro atoms. The molecule has 0 aliphatic carbocycles. The van der Waals surface area contributed by atoms with Crippen molar-refractivity contribution in [3.63, 3.8) is 0 Å². The van der Waals surface area contributed by atoms with Crippen LogP contribution in [-0.4, -0.2) is 53.8 Å². The fourth-order valence-corrected chi connectivity index (χ4v) is 5.22. The first kappa shape index (κ1) is 14.2. The van der Waals surface area contributed by atoms with E-state index in [0.717, 1.165) is 12.6 Å². The minimum absolute atomic E-state index is 0.223. The standard InChI is InChI=1S/C15H28N2OS/c1-12(16)13-2-6-17(11-13)14-3-7-18-15(10-14)4-8-19-9-5-15/h12-14H,2-11,16H2,1H3. The van der Waals surface area contributed by atoms with Gasteiger partial charge in [-0.1, -0.05) is 0 Å². The van der Waals surface area contributed by atoms with Gasteiger partial charge in [0.25, 0.3) is 0 Å². The van der Waals surface area contributed by atoms with Crippen LogP contribution in [0.1, 0.15) is 39.0 Å².